The third kappa shape index (κ3) is 3.35. The van der Waals surface area contributed by atoms with E-state index in [4.69, 9.17) is 10.7 Å². The molecule has 0 fully saturated rings. The lowest BCUT2D eigenvalue weighted by Crippen LogP contribution is -2.09. The van der Waals surface area contributed by atoms with E-state index in [-0.39, 0.29) is 12.4 Å². The molecule has 0 aliphatic heterocycles. The summed E-state index contributed by atoms with van der Waals surface area (Å²) in [5, 5.41) is 13.6. The molecule has 1 aliphatic carbocycles. The quantitative estimate of drug-likeness (QED) is 0.519. The van der Waals surface area contributed by atoms with Crippen molar-refractivity contribution in [3.63, 3.8) is 0 Å². The van der Waals surface area contributed by atoms with Gasteiger partial charge in [-0.3, -0.25) is 0 Å². The Hall–Kier alpha value is -2.94. The number of aryl methyl sites for hydroxylation is 3. The van der Waals surface area contributed by atoms with E-state index in [9.17, 15) is 4.39 Å². The number of fused-ring (bicyclic) bond motifs is 3. The first-order valence-corrected chi connectivity index (χ1v) is 10.5. The van der Waals surface area contributed by atoms with Gasteiger partial charge in [-0.2, -0.15) is 4.80 Å². The average Bonchev–Trinajstić information content (AvgIpc) is 3.22. The highest BCUT2D eigenvalue weighted by Crippen LogP contribution is 2.37. The van der Waals surface area contributed by atoms with Crippen LogP contribution in [-0.2, 0) is 19.4 Å². The first-order valence-electron chi connectivity index (χ1n) is 9.69. The molecule has 0 bridgehead atoms. The van der Waals surface area contributed by atoms with E-state index in [1.54, 1.807) is 30.4 Å². The van der Waals surface area contributed by atoms with Crippen molar-refractivity contribution < 1.29 is 4.39 Å². The predicted octanol–water partition coefficient (Wildman–Crippen LogP) is 3.69. The molecule has 0 amide bonds. The maximum atomic E-state index is 13.5. The van der Waals surface area contributed by atoms with Gasteiger partial charge in [-0.15, -0.1) is 21.5 Å². The van der Waals surface area contributed by atoms with Crippen molar-refractivity contribution in [1.82, 2.24) is 30.2 Å². The third-order valence-electron chi connectivity index (χ3n) is 5.29. The van der Waals surface area contributed by atoms with Gasteiger partial charge in [0.1, 0.15) is 23.0 Å². The Kier molecular flexibility index (Phi) is 4.46. The van der Waals surface area contributed by atoms with Gasteiger partial charge in [-0.25, -0.2) is 14.4 Å². The van der Waals surface area contributed by atoms with Gasteiger partial charge in [0.25, 0.3) is 0 Å². The number of anilines is 1. The number of aromatic nitrogens is 6. The summed E-state index contributed by atoms with van der Waals surface area (Å²) in [6, 6.07) is 4.75. The smallest absolute Gasteiger partial charge is 0.204 e. The minimum atomic E-state index is -0.257. The van der Waals surface area contributed by atoms with Crippen LogP contribution < -0.4 is 5.73 Å². The van der Waals surface area contributed by atoms with Crippen LogP contribution in [0.5, 0.6) is 0 Å². The topological polar surface area (TPSA) is 95.4 Å². The number of tetrazole rings is 1. The van der Waals surface area contributed by atoms with Gasteiger partial charge in [0, 0.05) is 10.4 Å². The van der Waals surface area contributed by atoms with Gasteiger partial charge in [-0.1, -0.05) is 6.42 Å². The van der Waals surface area contributed by atoms with Crippen LogP contribution in [-0.4, -0.2) is 30.2 Å². The molecule has 1 aliphatic rings. The van der Waals surface area contributed by atoms with Gasteiger partial charge in [0.15, 0.2) is 5.82 Å². The molecule has 0 atom stereocenters. The molecule has 0 radical (unpaired) electrons. The Labute approximate surface area is 170 Å². The molecule has 0 saturated heterocycles. The number of halogens is 1. The lowest BCUT2D eigenvalue weighted by atomic mass is 10.1. The summed E-state index contributed by atoms with van der Waals surface area (Å²) >= 11 is 1.72. The van der Waals surface area contributed by atoms with Crippen LogP contribution >= 0.6 is 11.3 Å². The van der Waals surface area contributed by atoms with Crippen molar-refractivity contribution in [2.75, 3.05) is 5.73 Å². The normalized spacial score (nSPS) is 14.1. The van der Waals surface area contributed by atoms with Gasteiger partial charge in [0.05, 0.1) is 5.39 Å². The fourth-order valence-corrected chi connectivity index (χ4v) is 5.10. The Morgan fingerprint density at radius 1 is 1.17 bits per heavy atom. The molecule has 29 heavy (non-hydrogen) atoms. The number of nitrogens with two attached hydrogens (primary N) is 1. The highest BCUT2D eigenvalue weighted by atomic mass is 32.1. The van der Waals surface area contributed by atoms with E-state index in [1.165, 1.54) is 40.6 Å². The fraction of sp³-hybridized carbons (Fsp3) is 0.350. The van der Waals surface area contributed by atoms with Gasteiger partial charge >= 0.3 is 0 Å². The molecule has 3 heterocycles. The molecular weight excluding hydrogens is 389 g/mol. The monoisotopic (exact) mass is 409 g/mol. The van der Waals surface area contributed by atoms with E-state index in [0.29, 0.717) is 28.6 Å². The molecule has 3 aromatic heterocycles. The van der Waals surface area contributed by atoms with Crippen LogP contribution in [0.3, 0.4) is 0 Å². The van der Waals surface area contributed by atoms with Crippen molar-refractivity contribution >= 4 is 27.4 Å². The molecule has 0 saturated carbocycles. The van der Waals surface area contributed by atoms with Crippen LogP contribution in [0.4, 0.5) is 10.2 Å². The van der Waals surface area contributed by atoms with Crippen LogP contribution in [0, 0.1) is 12.7 Å². The van der Waals surface area contributed by atoms with Crippen molar-refractivity contribution in [3.8, 4) is 11.4 Å². The molecule has 0 unspecified atom stereocenters. The zero-order chi connectivity index (χ0) is 20.0. The lowest BCUT2D eigenvalue weighted by Gasteiger charge is -2.04. The number of thiophene rings is 1. The Balaban J connectivity index is 1.45. The summed E-state index contributed by atoms with van der Waals surface area (Å²) < 4.78 is 13.5. The molecule has 5 rings (SSSR count). The Bertz CT molecular complexity index is 1210. The predicted molar refractivity (Wildman–Crippen MR) is 110 cm³/mol. The van der Waals surface area contributed by atoms with Gasteiger partial charge < -0.3 is 5.73 Å². The maximum absolute atomic E-state index is 13.5. The van der Waals surface area contributed by atoms with Gasteiger partial charge in [-0.05, 0) is 67.1 Å². The fourth-order valence-electron chi connectivity index (χ4n) is 3.82. The third-order valence-corrected chi connectivity index (χ3v) is 6.48. The summed E-state index contributed by atoms with van der Waals surface area (Å²) in [7, 11) is 0. The number of rotatable bonds is 3. The van der Waals surface area contributed by atoms with Crippen LogP contribution in [0.2, 0.25) is 0 Å². The number of nitrogen functional groups attached to an aromatic ring is 1. The van der Waals surface area contributed by atoms with Crippen molar-refractivity contribution in [1.29, 1.82) is 0 Å². The zero-order valence-corrected chi connectivity index (χ0v) is 16.8. The second kappa shape index (κ2) is 7.14. The Morgan fingerprint density at radius 3 is 2.90 bits per heavy atom. The largest absolute Gasteiger partial charge is 0.383 e. The van der Waals surface area contributed by atoms with Crippen LogP contribution in [0.15, 0.2) is 18.2 Å². The lowest BCUT2D eigenvalue weighted by molar-refractivity contribution is 0.556. The van der Waals surface area contributed by atoms with E-state index < -0.39 is 0 Å². The first-order chi connectivity index (χ1) is 14.1. The molecule has 2 N–H and O–H groups in total. The number of nitrogens with zero attached hydrogens (tertiary/aromatic N) is 6. The summed E-state index contributed by atoms with van der Waals surface area (Å²) in [6.45, 7) is 1.98. The standard InChI is InChI=1S/C20H20FN7S/c1-11-9-12(7-8-14(11)21)19-25-27-28(26-19)10-16-23-18(22)17-13-5-3-2-4-6-15(13)29-20(17)24-16/h7-9H,2-6,10H2,1H3,(H2,22,23,24). The summed E-state index contributed by atoms with van der Waals surface area (Å²) in [4.78, 5) is 13.0. The minimum absolute atomic E-state index is 0.257. The van der Waals surface area contributed by atoms with Crippen LogP contribution in [0.1, 0.15) is 41.1 Å². The summed E-state index contributed by atoms with van der Waals surface area (Å²) in [5.74, 6) is 1.27. The summed E-state index contributed by atoms with van der Waals surface area (Å²) in [6.07, 6.45) is 5.81. The van der Waals surface area contributed by atoms with E-state index in [0.717, 1.165) is 23.1 Å². The molecule has 148 valence electrons. The molecule has 9 heteroatoms. The highest BCUT2D eigenvalue weighted by molar-refractivity contribution is 7.19. The van der Waals surface area contributed by atoms with Gasteiger partial charge in [0.2, 0.25) is 5.82 Å². The number of hydrogen-bond donors (Lipinski definition) is 1. The minimum Gasteiger partial charge on any atom is -0.383 e. The molecule has 1 aromatic carbocycles. The highest BCUT2D eigenvalue weighted by Gasteiger charge is 2.19. The van der Waals surface area contributed by atoms with E-state index in [2.05, 4.69) is 20.4 Å². The van der Waals surface area contributed by atoms with Crippen molar-refractivity contribution in [3.05, 3.63) is 45.8 Å². The van der Waals surface area contributed by atoms with E-state index in [1.807, 2.05) is 0 Å². The Morgan fingerprint density at radius 2 is 2.03 bits per heavy atom. The zero-order valence-electron chi connectivity index (χ0n) is 16.0. The first kappa shape index (κ1) is 18.1. The van der Waals surface area contributed by atoms with Crippen molar-refractivity contribution in [2.45, 2.75) is 45.6 Å². The maximum Gasteiger partial charge on any atom is 0.204 e. The molecule has 0 spiro atoms. The van der Waals surface area contributed by atoms with E-state index >= 15 is 0 Å². The molecule has 7 nitrogen and oxygen atoms in total. The van der Waals surface area contributed by atoms with Crippen molar-refractivity contribution in [2.24, 2.45) is 0 Å². The molecular formula is C20H20FN7S. The van der Waals surface area contributed by atoms with Crippen LogP contribution in [0.25, 0.3) is 21.6 Å². The number of hydrogen-bond acceptors (Lipinski definition) is 7. The number of benzene rings is 1. The SMILES string of the molecule is Cc1cc(-c2nnn(Cc3nc(N)c4c5c(sc4n3)CCCCC5)n2)ccc1F. The second-order valence-corrected chi connectivity index (χ2v) is 8.46. The second-order valence-electron chi connectivity index (χ2n) is 7.38. The average molecular weight is 409 g/mol. The molecule has 4 aromatic rings. The summed E-state index contributed by atoms with van der Waals surface area (Å²) in [5.41, 5.74) is 8.90.